The largest absolute Gasteiger partial charge is 0.314 e. The molecule has 1 nitrogen and oxygen atoms in total. The summed E-state index contributed by atoms with van der Waals surface area (Å²) in [6.07, 6.45) is 2.73. The van der Waals surface area contributed by atoms with Gasteiger partial charge >= 0.3 is 0 Å². The molecule has 0 aromatic heterocycles. The van der Waals surface area contributed by atoms with Gasteiger partial charge in [0.15, 0.2) is 0 Å². The van der Waals surface area contributed by atoms with Crippen molar-refractivity contribution in [1.29, 1.82) is 0 Å². The van der Waals surface area contributed by atoms with Gasteiger partial charge in [-0.05, 0) is 32.2 Å². The molecule has 0 aromatic carbocycles. The summed E-state index contributed by atoms with van der Waals surface area (Å²) in [7, 11) is 0. The van der Waals surface area contributed by atoms with E-state index in [1.807, 2.05) is 13.8 Å². The minimum Gasteiger partial charge on any atom is -0.314 e. The van der Waals surface area contributed by atoms with Crippen LogP contribution in [0.3, 0.4) is 0 Å². The van der Waals surface area contributed by atoms with Gasteiger partial charge in [0.25, 0.3) is 0 Å². The molecule has 1 aliphatic heterocycles. The molecule has 1 fully saturated rings. The summed E-state index contributed by atoms with van der Waals surface area (Å²) in [5, 5.41) is 3.41. The molecular weight excluding hydrogens is 154 g/mol. The lowest BCUT2D eigenvalue weighted by Gasteiger charge is -2.24. The third-order valence-corrected chi connectivity index (χ3v) is 1.89. The van der Waals surface area contributed by atoms with E-state index in [4.69, 9.17) is 0 Å². The Kier molecular flexibility index (Phi) is 10.6. The van der Waals surface area contributed by atoms with Gasteiger partial charge in [0.1, 0.15) is 0 Å². The van der Waals surface area contributed by atoms with Crippen molar-refractivity contribution in [3.8, 4) is 0 Å². The molecule has 70 valence electrons. The van der Waals surface area contributed by atoms with Gasteiger partial charge in [-0.25, -0.2) is 0 Å². The molecule has 11 heavy (non-hydrogen) atoms. The van der Waals surface area contributed by atoms with Crippen molar-refractivity contribution in [3.63, 3.8) is 0 Å². The van der Waals surface area contributed by atoms with E-state index in [0.717, 1.165) is 12.0 Å². The highest BCUT2D eigenvalue weighted by Crippen LogP contribution is 2.13. The Hall–Kier alpha value is 0.310. The predicted molar refractivity (Wildman–Crippen MR) is 57.6 cm³/mol. The van der Waals surface area contributed by atoms with Crippen LogP contribution in [0.4, 0.5) is 0 Å². The third kappa shape index (κ3) is 6.70. The standard InChI is InChI=1S/C7H15N.C2H6.H2S/c1-6-3-4-8-7(2)5-6;1-2;/h6-8H,3-5H2,1-2H3;1-2H3;1H2. The summed E-state index contributed by atoms with van der Waals surface area (Å²) >= 11 is 0. The van der Waals surface area contributed by atoms with Crippen molar-refractivity contribution in [2.75, 3.05) is 6.54 Å². The normalized spacial score (nSPS) is 29.5. The van der Waals surface area contributed by atoms with Crippen LogP contribution in [-0.4, -0.2) is 12.6 Å². The fraction of sp³-hybridized carbons (Fsp3) is 1.00. The average molecular weight is 177 g/mol. The van der Waals surface area contributed by atoms with E-state index in [-0.39, 0.29) is 13.5 Å². The Labute approximate surface area is 78.4 Å². The maximum absolute atomic E-state index is 3.41. The molecule has 0 radical (unpaired) electrons. The molecule has 0 saturated carbocycles. The SMILES string of the molecule is CC.CC1CCNC(C)C1.S. The number of hydrogen-bond acceptors (Lipinski definition) is 1. The van der Waals surface area contributed by atoms with Crippen LogP contribution in [0.25, 0.3) is 0 Å². The van der Waals surface area contributed by atoms with Crippen LogP contribution in [-0.2, 0) is 0 Å². The average Bonchev–Trinajstić information content (AvgIpc) is 1.91. The summed E-state index contributed by atoms with van der Waals surface area (Å²) < 4.78 is 0. The highest BCUT2D eigenvalue weighted by atomic mass is 32.1. The van der Waals surface area contributed by atoms with E-state index in [9.17, 15) is 0 Å². The molecule has 2 atom stereocenters. The van der Waals surface area contributed by atoms with Gasteiger partial charge in [0, 0.05) is 6.04 Å². The zero-order valence-electron chi connectivity index (χ0n) is 8.28. The summed E-state index contributed by atoms with van der Waals surface area (Å²) in [4.78, 5) is 0. The van der Waals surface area contributed by atoms with Gasteiger partial charge < -0.3 is 5.32 Å². The lowest BCUT2D eigenvalue weighted by Crippen LogP contribution is -2.34. The van der Waals surface area contributed by atoms with Crippen molar-refractivity contribution in [2.24, 2.45) is 5.92 Å². The van der Waals surface area contributed by atoms with Crippen molar-refractivity contribution in [2.45, 2.75) is 46.6 Å². The zero-order chi connectivity index (χ0) is 7.98. The van der Waals surface area contributed by atoms with E-state index in [1.54, 1.807) is 0 Å². The topological polar surface area (TPSA) is 12.0 Å². The van der Waals surface area contributed by atoms with Crippen LogP contribution >= 0.6 is 13.5 Å². The Bertz CT molecular complexity index is 68.0. The number of nitrogens with one attached hydrogen (secondary N) is 1. The second-order valence-corrected chi connectivity index (χ2v) is 2.98. The predicted octanol–water partition coefficient (Wildman–Crippen LogP) is 2.53. The summed E-state index contributed by atoms with van der Waals surface area (Å²) in [6, 6.07) is 0.763. The van der Waals surface area contributed by atoms with E-state index < -0.39 is 0 Å². The van der Waals surface area contributed by atoms with Crippen LogP contribution < -0.4 is 5.32 Å². The molecule has 0 spiro atoms. The molecule has 0 amide bonds. The monoisotopic (exact) mass is 177 g/mol. The van der Waals surface area contributed by atoms with Crippen LogP contribution in [0.1, 0.15) is 40.5 Å². The first-order chi connectivity index (χ1) is 4.79. The number of hydrogen-bond donors (Lipinski definition) is 1. The smallest absolute Gasteiger partial charge is 0.00412 e. The minimum atomic E-state index is 0. The number of piperidine rings is 1. The molecule has 1 N–H and O–H groups in total. The van der Waals surface area contributed by atoms with E-state index in [1.165, 1.54) is 19.4 Å². The van der Waals surface area contributed by atoms with Gasteiger partial charge in [-0.1, -0.05) is 20.8 Å². The zero-order valence-corrected chi connectivity index (χ0v) is 9.28. The molecule has 0 bridgehead atoms. The van der Waals surface area contributed by atoms with Crippen LogP contribution in [0.15, 0.2) is 0 Å². The van der Waals surface area contributed by atoms with Gasteiger partial charge in [-0.3, -0.25) is 0 Å². The van der Waals surface area contributed by atoms with Crippen LogP contribution in [0.5, 0.6) is 0 Å². The van der Waals surface area contributed by atoms with Crippen molar-refractivity contribution in [3.05, 3.63) is 0 Å². The highest BCUT2D eigenvalue weighted by molar-refractivity contribution is 7.59. The van der Waals surface area contributed by atoms with Crippen LogP contribution in [0.2, 0.25) is 0 Å². The van der Waals surface area contributed by atoms with Crippen molar-refractivity contribution >= 4 is 13.5 Å². The van der Waals surface area contributed by atoms with Crippen molar-refractivity contribution < 1.29 is 0 Å². The molecule has 0 aliphatic carbocycles. The Morgan fingerprint density at radius 1 is 1.18 bits per heavy atom. The van der Waals surface area contributed by atoms with Gasteiger partial charge in [0.05, 0.1) is 0 Å². The molecule has 1 saturated heterocycles. The summed E-state index contributed by atoms with van der Waals surface area (Å²) in [5.41, 5.74) is 0. The van der Waals surface area contributed by atoms with Gasteiger partial charge in [-0.2, -0.15) is 13.5 Å². The molecule has 1 aliphatic rings. The fourth-order valence-electron chi connectivity index (χ4n) is 1.38. The molecule has 1 rings (SSSR count). The van der Waals surface area contributed by atoms with Crippen LogP contribution in [0, 0.1) is 5.92 Å². The Balaban J connectivity index is 0. The quantitative estimate of drug-likeness (QED) is 0.599. The van der Waals surface area contributed by atoms with E-state index in [2.05, 4.69) is 19.2 Å². The second-order valence-electron chi connectivity index (χ2n) is 2.98. The van der Waals surface area contributed by atoms with E-state index in [0.29, 0.717) is 0 Å². The molecular formula is C9H23NS. The summed E-state index contributed by atoms with van der Waals surface area (Å²) in [5.74, 6) is 0.950. The minimum absolute atomic E-state index is 0. The molecule has 0 aromatic rings. The van der Waals surface area contributed by atoms with E-state index >= 15 is 0 Å². The number of rotatable bonds is 0. The maximum Gasteiger partial charge on any atom is 0.00412 e. The molecule has 2 unspecified atom stereocenters. The second kappa shape index (κ2) is 8.41. The third-order valence-electron chi connectivity index (χ3n) is 1.89. The van der Waals surface area contributed by atoms with Gasteiger partial charge in [-0.15, -0.1) is 0 Å². The van der Waals surface area contributed by atoms with Crippen molar-refractivity contribution in [1.82, 2.24) is 5.32 Å². The lowest BCUT2D eigenvalue weighted by molar-refractivity contribution is 0.336. The lowest BCUT2D eigenvalue weighted by atomic mass is 9.96. The first-order valence-corrected chi connectivity index (χ1v) is 4.52. The Morgan fingerprint density at radius 3 is 2.00 bits per heavy atom. The molecule has 1 heterocycles. The fourth-order valence-corrected chi connectivity index (χ4v) is 1.38. The Morgan fingerprint density at radius 2 is 1.73 bits per heavy atom. The summed E-state index contributed by atoms with van der Waals surface area (Å²) in [6.45, 7) is 9.81. The highest BCUT2D eigenvalue weighted by Gasteiger charge is 2.12. The molecule has 2 heteroatoms. The van der Waals surface area contributed by atoms with Gasteiger partial charge in [0.2, 0.25) is 0 Å². The first kappa shape index (κ1) is 13.9. The first-order valence-electron chi connectivity index (χ1n) is 4.52. The maximum atomic E-state index is 3.41.